The Kier molecular flexibility index (Phi) is 14.3. The van der Waals surface area contributed by atoms with Gasteiger partial charge in [0.2, 0.25) is 0 Å². The Morgan fingerprint density at radius 2 is 0.670 bits per heavy atom. The van der Waals surface area contributed by atoms with Crippen LogP contribution in [0.4, 0.5) is 0 Å². The molecule has 0 saturated heterocycles. The van der Waals surface area contributed by atoms with Crippen molar-refractivity contribution in [3.8, 4) is 17.1 Å². The highest BCUT2D eigenvalue weighted by atomic mass is 79.9. The van der Waals surface area contributed by atoms with Gasteiger partial charge in [-0.25, -0.2) is 0 Å². The van der Waals surface area contributed by atoms with Crippen molar-refractivity contribution >= 4 is 168 Å². The van der Waals surface area contributed by atoms with E-state index >= 15 is 0 Å². The van der Waals surface area contributed by atoms with E-state index in [1.165, 1.54) is 188 Å². The first-order valence-electron chi connectivity index (χ1n) is 32.9. The Hall–Kier alpha value is -11.2. The number of benzene rings is 16. The predicted octanol–water partition coefficient (Wildman–Crippen LogP) is 25.9. The Morgan fingerprint density at radius 3 is 1.24 bits per heavy atom. The van der Waals surface area contributed by atoms with Crippen molar-refractivity contribution in [3.05, 3.63) is 320 Å². The Balaban J connectivity index is 0.000000113. The molecule has 0 unspecified atom stereocenters. The molecule has 20 aromatic rings. The first-order chi connectivity index (χ1) is 46.5. The van der Waals surface area contributed by atoms with Gasteiger partial charge in [0.25, 0.3) is 0 Å². The van der Waals surface area contributed by atoms with Crippen LogP contribution in [0, 0.1) is 0 Å². The van der Waals surface area contributed by atoms with Gasteiger partial charge in [0.05, 0.1) is 44.1 Å². The average molecular weight is 1270 g/mol. The molecule has 0 spiro atoms. The number of fused-ring (bicyclic) bond motifs is 26. The van der Waals surface area contributed by atoms with Crippen molar-refractivity contribution in [2.45, 2.75) is 33.1 Å². The third-order valence-electron chi connectivity index (χ3n) is 19.2. The number of aromatic amines is 1. The highest BCUT2D eigenvalue weighted by Gasteiger charge is 2.23. The summed E-state index contributed by atoms with van der Waals surface area (Å²) >= 11 is 3.57. The molecular formula is C89H65BrN4. The number of H-pyrrole nitrogens is 1. The molecule has 1 N–H and O–H groups in total. The molecule has 20 rings (SSSR count). The summed E-state index contributed by atoms with van der Waals surface area (Å²) in [5.41, 5.74) is 13.4. The van der Waals surface area contributed by atoms with E-state index in [-0.39, 0.29) is 0 Å². The molecule has 4 aromatic heterocycles. The van der Waals surface area contributed by atoms with Crippen LogP contribution >= 0.6 is 15.9 Å². The van der Waals surface area contributed by atoms with Gasteiger partial charge in [-0.1, -0.05) is 292 Å². The zero-order valence-corrected chi connectivity index (χ0v) is 53.9. The van der Waals surface area contributed by atoms with Gasteiger partial charge in [-0.3, -0.25) is 0 Å². The molecule has 4 heterocycles. The lowest BCUT2D eigenvalue weighted by molar-refractivity contribution is 0.772. The molecular weight excluding hydrogens is 1200 g/mol. The molecule has 4 nitrogen and oxygen atoms in total. The van der Waals surface area contributed by atoms with Gasteiger partial charge < -0.3 is 18.7 Å². The highest BCUT2D eigenvalue weighted by Crippen LogP contribution is 2.46. The van der Waals surface area contributed by atoms with Crippen LogP contribution in [0.1, 0.15) is 33.1 Å². The molecule has 16 aromatic carbocycles. The third kappa shape index (κ3) is 9.32. The number of rotatable bonds is 5. The molecule has 0 aliphatic heterocycles. The zero-order chi connectivity index (χ0) is 62.8. The van der Waals surface area contributed by atoms with Gasteiger partial charge in [0, 0.05) is 86.2 Å². The largest absolute Gasteiger partial charge is 0.353 e. The molecule has 0 amide bonds. The topological polar surface area (TPSA) is 30.6 Å². The van der Waals surface area contributed by atoms with Crippen LogP contribution in [0.25, 0.3) is 169 Å². The predicted molar refractivity (Wildman–Crippen MR) is 410 cm³/mol. The standard InChI is InChI=1S/C42H26N2.C24H15N.C18H12BrN.C5H12/c1-2-13-28(14-3-1)43-38-21-11-10-18-33(38)37-26-29(23-25-39(37)43)44-41-30-15-5-4-12-27(30)22-24-36(41)40-34-19-8-6-16-31(34)32-17-7-9-20-35(32)42(40)44;1-2-8-16-15(7-1)13-14-21-22-19-11-5-3-9-17(19)18-10-4-6-12-20(18)24(22)25-23(16)21;19-13-10-11-18-16(12-13)15-8-4-5-9-17(15)20(18)14-6-2-1-3-7-14;1-3-5-4-2/h1-26H;1-14,25H;1-12H;3-5H2,1-2H3. The summed E-state index contributed by atoms with van der Waals surface area (Å²) in [4.78, 5) is 3.76. The summed E-state index contributed by atoms with van der Waals surface area (Å²) in [5, 5.41) is 25.7. The monoisotopic (exact) mass is 1270 g/mol. The maximum atomic E-state index is 3.76. The first-order valence-corrected chi connectivity index (χ1v) is 33.6. The fourth-order valence-electron chi connectivity index (χ4n) is 15.1. The summed E-state index contributed by atoms with van der Waals surface area (Å²) < 4.78 is 8.35. The Labute approximate surface area is 552 Å². The number of halogens is 1. The molecule has 0 bridgehead atoms. The summed E-state index contributed by atoms with van der Waals surface area (Å²) in [7, 11) is 0. The fraction of sp³-hybridized carbons (Fsp3) is 0.0562. The van der Waals surface area contributed by atoms with Gasteiger partial charge in [-0.2, -0.15) is 0 Å². The maximum absolute atomic E-state index is 3.76. The number of para-hydroxylation sites is 4. The van der Waals surface area contributed by atoms with Crippen LogP contribution < -0.4 is 0 Å². The molecule has 0 fully saturated rings. The molecule has 0 aliphatic rings. The van der Waals surface area contributed by atoms with Crippen molar-refractivity contribution in [2.75, 3.05) is 0 Å². The van der Waals surface area contributed by atoms with Crippen molar-refractivity contribution in [2.24, 2.45) is 0 Å². The number of nitrogens with one attached hydrogen (secondary N) is 1. The van der Waals surface area contributed by atoms with Gasteiger partial charge in [0.1, 0.15) is 0 Å². The maximum Gasteiger partial charge on any atom is 0.0626 e. The molecule has 0 radical (unpaired) electrons. The molecule has 94 heavy (non-hydrogen) atoms. The lowest BCUT2D eigenvalue weighted by atomic mass is 9.96. The minimum atomic E-state index is 1.11. The van der Waals surface area contributed by atoms with E-state index in [4.69, 9.17) is 0 Å². The summed E-state index contributed by atoms with van der Waals surface area (Å²) in [5.74, 6) is 0. The van der Waals surface area contributed by atoms with Crippen LogP contribution in [-0.2, 0) is 0 Å². The number of nitrogens with zero attached hydrogens (tertiary/aromatic N) is 3. The van der Waals surface area contributed by atoms with E-state index in [0.29, 0.717) is 0 Å². The molecule has 448 valence electrons. The smallest absolute Gasteiger partial charge is 0.0626 e. The summed E-state index contributed by atoms with van der Waals surface area (Å²) in [6.45, 7) is 4.42. The molecule has 0 saturated carbocycles. The second kappa shape index (κ2) is 23.8. The Morgan fingerprint density at radius 1 is 0.255 bits per heavy atom. The average Bonchev–Trinajstić information content (AvgIpc) is 1.54. The van der Waals surface area contributed by atoms with E-state index in [2.05, 4.69) is 358 Å². The van der Waals surface area contributed by atoms with Gasteiger partial charge >= 0.3 is 0 Å². The lowest BCUT2D eigenvalue weighted by Gasteiger charge is -2.13. The van der Waals surface area contributed by atoms with Crippen LogP contribution in [-0.4, -0.2) is 18.7 Å². The summed E-state index contributed by atoms with van der Waals surface area (Å²) in [6, 6.07) is 114. The molecule has 5 heteroatoms. The number of hydrogen-bond acceptors (Lipinski definition) is 0. The van der Waals surface area contributed by atoms with Crippen LogP contribution in [0.3, 0.4) is 0 Å². The van der Waals surface area contributed by atoms with Crippen molar-refractivity contribution in [3.63, 3.8) is 0 Å². The van der Waals surface area contributed by atoms with Crippen molar-refractivity contribution in [1.82, 2.24) is 18.7 Å². The second-order valence-electron chi connectivity index (χ2n) is 24.6. The van der Waals surface area contributed by atoms with Crippen LogP contribution in [0.5, 0.6) is 0 Å². The minimum absolute atomic E-state index is 1.11. The van der Waals surface area contributed by atoms with Crippen molar-refractivity contribution in [1.29, 1.82) is 0 Å². The van der Waals surface area contributed by atoms with Crippen LogP contribution in [0.2, 0.25) is 0 Å². The highest BCUT2D eigenvalue weighted by molar-refractivity contribution is 9.10. The molecule has 0 aliphatic carbocycles. The molecule has 0 atom stereocenters. The zero-order valence-electron chi connectivity index (χ0n) is 52.4. The van der Waals surface area contributed by atoms with E-state index in [1.807, 2.05) is 6.07 Å². The number of aromatic nitrogens is 4. The number of hydrogen-bond donors (Lipinski definition) is 1. The van der Waals surface area contributed by atoms with E-state index in [0.717, 1.165) is 4.47 Å². The van der Waals surface area contributed by atoms with Crippen molar-refractivity contribution < 1.29 is 0 Å². The van der Waals surface area contributed by atoms with E-state index in [1.54, 1.807) is 0 Å². The van der Waals surface area contributed by atoms with Gasteiger partial charge in [-0.05, 0) is 116 Å². The SMILES string of the molecule is Brc1ccc2c(c1)c1ccccc1n2-c1ccccc1.CCCCC.c1ccc(-n2c3ccccc3c3cc(-n4c5c6ccccc6ccc5c5c6ccccc6c6ccccc6c54)ccc32)cc1.c1ccc2c(c1)ccc1c2[nH]c2c3ccccc3c3ccccc3c12. The minimum Gasteiger partial charge on any atom is -0.353 e. The lowest BCUT2D eigenvalue weighted by Crippen LogP contribution is -1.97. The Bertz CT molecular complexity index is 6300. The third-order valence-corrected chi connectivity index (χ3v) is 19.7. The van der Waals surface area contributed by atoms with Gasteiger partial charge in [-0.15, -0.1) is 0 Å². The summed E-state index contributed by atoms with van der Waals surface area (Å²) in [6.07, 6.45) is 4.08. The second-order valence-corrected chi connectivity index (χ2v) is 25.5. The van der Waals surface area contributed by atoms with E-state index < -0.39 is 0 Å². The first kappa shape index (κ1) is 56.7. The number of unbranched alkanes of at least 4 members (excludes halogenated alkanes) is 2. The fourth-order valence-corrected chi connectivity index (χ4v) is 15.5. The van der Waals surface area contributed by atoms with Gasteiger partial charge in [0.15, 0.2) is 0 Å². The normalized spacial score (nSPS) is 11.7. The van der Waals surface area contributed by atoms with Crippen LogP contribution in [0.15, 0.2) is 320 Å². The van der Waals surface area contributed by atoms with E-state index in [9.17, 15) is 0 Å². The quantitative estimate of drug-likeness (QED) is 0.167.